The zero-order valence-electron chi connectivity index (χ0n) is 12.1. The first-order valence-corrected chi connectivity index (χ1v) is 8.14. The van der Waals surface area contributed by atoms with Crippen LogP contribution in [0, 0.1) is 0 Å². The fourth-order valence-electron chi connectivity index (χ4n) is 2.16. The van der Waals surface area contributed by atoms with E-state index in [1.807, 2.05) is 12.1 Å². The van der Waals surface area contributed by atoms with Crippen LogP contribution in [0.4, 0.5) is 5.69 Å². The number of benzene rings is 1. The van der Waals surface area contributed by atoms with Crippen molar-refractivity contribution in [3.63, 3.8) is 0 Å². The molecule has 0 fully saturated rings. The number of unbranched alkanes of at least 4 members (excludes halogenated alkanes) is 4. The van der Waals surface area contributed by atoms with Gasteiger partial charge in [-0.05, 0) is 18.9 Å². The SMILES string of the molecule is CCCCC[N+](CCCCC)c1ccc(Cl)c(Cl)c1. The summed E-state index contributed by atoms with van der Waals surface area (Å²) in [5.74, 6) is 0. The lowest BCUT2D eigenvalue weighted by atomic mass is 10.2. The zero-order chi connectivity index (χ0) is 14.1. The lowest BCUT2D eigenvalue weighted by molar-refractivity contribution is 0.479. The van der Waals surface area contributed by atoms with Crippen LogP contribution in [0.5, 0.6) is 0 Å². The molecule has 0 atom stereocenters. The molecule has 0 aliphatic carbocycles. The molecule has 0 bridgehead atoms. The monoisotopic (exact) mass is 301 g/mol. The fourth-order valence-corrected chi connectivity index (χ4v) is 2.45. The van der Waals surface area contributed by atoms with E-state index in [4.69, 9.17) is 23.2 Å². The third-order valence-corrected chi connectivity index (χ3v) is 4.07. The van der Waals surface area contributed by atoms with Gasteiger partial charge in [-0.1, -0.05) is 49.9 Å². The van der Waals surface area contributed by atoms with Crippen molar-refractivity contribution in [1.82, 2.24) is 4.90 Å². The summed E-state index contributed by atoms with van der Waals surface area (Å²) in [5.41, 5.74) is 1.20. The van der Waals surface area contributed by atoms with Gasteiger partial charge in [0.25, 0.3) is 0 Å². The van der Waals surface area contributed by atoms with Crippen molar-refractivity contribution in [2.75, 3.05) is 13.1 Å². The lowest BCUT2D eigenvalue weighted by Gasteiger charge is -2.12. The van der Waals surface area contributed by atoms with Crippen molar-refractivity contribution in [1.29, 1.82) is 0 Å². The predicted molar refractivity (Wildman–Crippen MR) is 87.0 cm³/mol. The van der Waals surface area contributed by atoms with Crippen molar-refractivity contribution in [3.05, 3.63) is 28.2 Å². The summed E-state index contributed by atoms with van der Waals surface area (Å²) in [6.07, 6.45) is 7.55. The second-order valence-electron chi connectivity index (χ2n) is 5.00. The van der Waals surface area contributed by atoms with Gasteiger partial charge in [0, 0.05) is 25.0 Å². The molecule has 3 heteroatoms. The van der Waals surface area contributed by atoms with E-state index in [1.54, 1.807) is 0 Å². The number of anilines is 1. The van der Waals surface area contributed by atoms with Crippen LogP contribution in [-0.4, -0.2) is 13.1 Å². The highest BCUT2D eigenvalue weighted by molar-refractivity contribution is 6.42. The van der Waals surface area contributed by atoms with Crippen LogP contribution in [0.15, 0.2) is 18.2 Å². The van der Waals surface area contributed by atoms with Gasteiger partial charge in [0.1, 0.15) is 13.1 Å². The van der Waals surface area contributed by atoms with Gasteiger partial charge >= 0.3 is 0 Å². The number of hydrogen-bond acceptors (Lipinski definition) is 1. The normalized spacial score (nSPS) is 11.2. The van der Waals surface area contributed by atoms with Gasteiger partial charge in [-0.15, -0.1) is 4.90 Å². The van der Waals surface area contributed by atoms with E-state index in [0.717, 1.165) is 13.1 Å². The molecule has 0 unspecified atom stereocenters. The highest BCUT2D eigenvalue weighted by Gasteiger charge is 2.18. The zero-order valence-corrected chi connectivity index (χ0v) is 13.6. The highest BCUT2D eigenvalue weighted by Crippen LogP contribution is 2.27. The van der Waals surface area contributed by atoms with Gasteiger partial charge in [0.2, 0.25) is 0 Å². The standard InChI is InChI=1S/C16H25Cl2N/c1-3-5-7-11-19(12-8-6-4-2)14-9-10-15(17)16(18)13-14/h9-10,13H,3-8,11-12H2,1-2H3/q+1. The van der Waals surface area contributed by atoms with Crippen LogP contribution < -0.4 is 4.90 Å². The maximum Gasteiger partial charge on any atom is 0.182 e. The first-order chi connectivity index (χ1) is 9.19. The Bertz CT molecular complexity index is 356. The maximum absolute atomic E-state index is 6.12. The summed E-state index contributed by atoms with van der Waals surface area (Å²) in [4.78, 5) is 2.44. The van der Waals surface area contributed by atoms with E-state index in [9.17, 15) is 0 Å². The topological polar surface area (TPSA) is 5.90 Å². The van der Waals surface area contributed by atoms with E-state index in [2.05, 4.69) is 24.8 Å². The van der Waals surface area contributed by atoms with Crippen molar-refractivity contribution in [2.45, 2.75) is 52.4 Å². The largest absolute Gasteiger partial charge is 0.182 e. The molecule has 107 valence electrons. The molecule has 0 aromatic heterocycles. The van der Waals surface area contributed by atoms with E-state index in [-0.39, 0.29) is 0 Å². The summed E-state index contributed by atoms with van der Waals surface area (Å²) >= 11 is 12.1. The van der Waals surface area contributed by atoms with Gasteiger partial charge in [-0.2, -0.15) is 0 Å². The first kappa shape index (κ1) is 16.8. The molecule has 1 aromatic carbocycles. The molecule has 0 aliphatic heterocycles. The Balaban J connectivity index is 2.66. The summed E-state index contributed by atoms with van der Waals surface area (Å²) in [5, 5.41) is 1.28. The molecule has 0 amide bonds. The molecule has 1 aromatic rings. The number of halogens is 2. The summed E-state index contributed by atoms with van der Waals surface area (Å²) in [7, 11) is 0. The number of hydrogen-bond donors (Lipinski definition) is 0. The summed E-state index contributed by atoms with van der Waals surface area (Å²) in [6.45, 7) is 6.69. The number of rotatable bonds is 9. The minimum Gasteiger partial charge on any atom is -0.134 e. The smallest absolute Gasteiger partial charge is 0.134 e. The van der Waals surface area contributed by atoms with Gasteiger partial charge in [-0.25, -0.2) is 0 Å². The van der Waals surface area contributed by atoms with Gasteiger partial charge in [0.15, 0.2) is 5.69 Å². The molecule has 1 radical (unpaired) electrons. The van der Waals surface area contributed by atoms with Crippen molar-refractivity contribution < 1.29 is 0 Å². The molecule has 1 rings (SSSR count). The third kappa shape index (κ3) is 6.16. The van der Waals surface area contributed by atoms with E-state index in [0.29, 0.717) is 10.0 Å². The molecular weight excluding hydrogens is 277 g/mol. The first-order valence-electron chi connectivity index (χ1n) is 7.39. The summed E-state index contributed by atoms with van der Waals surface area (Å²) in [6, 6.07) is 5.96. The predicted octanol–water partition coefficient (Wildman–Crippen LogP) is 6.15. The average molecular weight is 302 g/mol. The van der Waals surface area contributed by atoms with Crippen molar-refractivity contribution in [3.8, 4) is 0 Å². The molecular formula is C16H25Cl2N+. The molecule has 1 nitrogen and oxygen atoms in total. The molecule has 0 N–H and O–H groups in total. The second kappa shape index (κ2) is 9.63. The quantitative estimate of drug-likeness (QED) is 0.381. The van der Waals surface area contributed by atoms with Crippen molar-refractivity contribution >= 4 is 28.9 Å². The van der Waals surface area contributed by atoms with Crippen LogP contribution in [0.2, 0.25) is 10.0 Å². The Morgan fingerprint density at radius 3 is 1.89 bits per heavy atom. The van der Waals surface area contributed by atoms with Gasteiger partial charge in [-0.3, -0.25) is 0 Å². The highest BCUT2D eigenvalue weighted by atomic mass is 35.5. The number of nitrogens with zero attached hydrogens (tertiary/aromatic N) is 1. The van der Waals surface area contributed by atoms with Crippen molar-refractivity contribution in [2.24, 2.45) is 0 Å². The van der Waals surface area contributed by atoms with Crippen LogP contribution in [0.1, 0.15) is 52.4 Å². The Morgan fingerprint density at radius 1 is 0.842 bits per heavy atom. The van der Waals surface area contributed by atoms with E-state index in [1.165, 1.54) is 44.2 Å². The van der Waals surface area contributed by atoms with E-state index < -0.39 is 0 Å². The van der Waals surface area contributed by atoms with Crippen LogP contribution in [0.25, 0.3) is 0 Å². The van der Waals surface area contributed by atoms with Crippen LogP contribution in [0.3, 0.4) is 0 Å². The van der Waals surface area contributed by atoms with Gasteiger partial charge in [0.05, 0.1) is 10.0 Å². The molecule has 0 spiro atoms. The van der Waals surface area contributed by atoms with Crippen LogP contribution in [-0.2, 0) is 0 Å². The average Bonchev–Trinajstić information content (AvgIpc) is 2.41. The Hall–Kier alpha value is -0.240. The van der Waals surface area contributed by atoms with E-state index >= 15 is 0 Å². The molecule has 0 aliphatic rings. The second-order valence-corrected chi connectivity index (χ2v) is 5.81. The third-order valence-electron chi connectivity index (χ3n) is 3.33. The Kier molecular flexibility index (Phi) is 8.52. The van der Waals surface area contributed by atoms with Gasteiger partial charge < -0.3 is 0 Å². The Morgan fingerprint density at radius 2 is 1.42 bits per heavy atom. The summed E-state index contributed by atoms with van der Waals surface area (Å²) < 4.78 is 0. The molecule has 0 saturated heterocycles. The minimum atomic E-state index is 0.632. The van der Waals surface area contributed by atoms with Crippen LogP contribution >= 0.6 is 23.2 Å². The minimum absolute atomic E-state index is 0.632. The molecule has 19 heavy (non-hydrogen) atoms. The molecule has 0 saturated carbocycles. The lowest BCUT2D eigenvalue weighted by Crippen LogP contribution is -2.27. The Labute approximate surface area is 127 Å². The fraction of sp³-hybridized carbons (Fsp3) is 0.625. The molecule has 0 heterocycles. The maximum atomic E-state index is 6.12.